The summed E-state index contributed by atoms with van der Waals surface area (Å²) < 4.78 is 32.2. The van der Waals surface area contributed by atoms with Crippen LogP contribution in [0.25, 0.3) is 10.8 Å². The van der Waals surface area contributed by atoms with Crippen LogP contribution in [0.5, 0.6) is 0 Å². The van der Waals surface area contributed by atoms with E-state index in [9.17, 15) is 18.0 Å². The summed E-state index contributed by atoms with van der Waals surface area (Å²) in [5, 5.41) is 4.04. The second-order valence-electron chi connectivity index (χ2n) is 6.63. The zero-order valence-electron chi connectivity index (χ0n) is 15.7. The van der Waals surface area contributed by atoms with Gasteiger partial charge in [0, 0.05) is 5.39 Å². The standard InChI is InChI=1S/C21H18N2O5S/c1-13(20(24)22-16-10-4-3-9-15(16)21(25)28-2)23-17-11-5-7-14-8-6-12-18(19(14)17)29(23,26)27/h3-13H,1-2H3,(H,22,24). The molecule has 1 aliphatic rings. The molecule has 1 amide bonds. The number of nitrogens with one attached hydrogen (secondary N) is 1. The number of methoxy groups -OCH3 is 1. The first-order chi connectivity index (χ1) is 13.9. The number of ether oxygens (including phenoxy) is 1. The zero-order valence-corrected chi connectivity index (χ0v) is 16.6. The van der Waals surface area contributed by atoms with E-state index in [2.05, 4.69) is 5.32 Å². The van der Waals surface area contributed by atoms with Crippen molar-refractivity contribution >= 4 is 44.0 Å². The average molecular weight is 410 g/mol. The van der Waals surface area contributed by atoms with Crippen LogP contribution in [0.3, 0.4) is 0 Å². The molecule has 1 N–H and O–H groups in total. The predicted molar refractivity (Wildman–Crippen MR) is 109 cm³/mol. The molecular weight excluding hydrogens is 392 g/mol. The molecule has 0 radical (unpaired) electrons. The van der Waals surface area contributed by atoms with E-state index in [0.29, 0.717) is 11.1 Å². The van der Waals surface area contributed by atoms with Crippen LogP contribution in [0.4, 0.5) is 11.4 Å². The zero-order chi connectivity index (χ0) is 20.8. The Balaban J connectivity index is 1.71. The van der Waals surface area contributed by atoms with Crippen LogP contribution in [0.1, 0.15) is 17.3 Å². The SMILES string of the molecule is COC(=O)c1ccccc1NC(=O)C(C)N1c2cccc3cccc(c23)S1(=O)=O. The van der Waals surface area contributed by atoms with Crippen molar-refractivity contribution in [2.24, 2.45) is 0 Å². The number of amides is 1. The van der Waals surface area contributed by atoms with Crippen LogP contribution in [0.2, 0.25) is 0 Å². The fourth-order valence-electron chi connectivity index (χ4n) is 3.56. The summed E-state index contributed by atoms with van der Waals surface area (Å²) >= 11 is 0. The third-order valence-electron chi connectivity index (χ3n) is 4.94. The maximum atomic E-state index is 13.2. The summed E-state index contributed by atoms with van der Waals surface area (Å²) in [5.41, 5.74) is 0.899. The molecule has 0 aromatic heterocycles. The molecule has 1 aliphatic heterocycles. The molecule has 8 heteroatoms. The van der Waals surface area contributed by atoms with Gasteiger partial charge >= 0.3 is 5.97 Å². The number of carbonyl (C=O) groups excluding carboxylic acids is 2. The highest BCUT2D eigenvalue weighted by Gasteiger charge is 2.41. The molecule has 1 atom stereocenters. The second kappa shape index (κ2) is 6.89. The summed E-state index contributed by atoms with van der Waals surface area (Å²) in [4.78, 5) is 25.1. The van der Waals surface area contributed by atoms with E-state index in [-0.39, 0.29) is 16.1 Å². The molecule has 3 aromatic rings. The van der Waals surface area contributed by atoms with Crippen LogP contribution in [-0.4, -0.2) is 33.4 Å². The first kappa shape index (κ1) is 18.9. The molecule has 0 bridgehead atoms. The molecule has 29 heavy (non-hydrogen) atoms. The molecule has 0 aliphatic carbocycles. The first-order valence-electron chi connectivity index (χ1n) is 8.90. The van der Waals surface area contributed by atoms with E-state index >= 15 is 0 Å². The number of esters is 1. The third kappa shape index (κ3) is 2.92. The molecule has 0 saturated carbocycles. The molecule has 7 nitrogen and oxygen atoms in total. The summed E-state index contributed by atoms with van der Waals surface area (Å²) in [6.07, 6.45) is 0. The topological polar surface area (TPSA) is 92.8 Å². The lowest BCUT2D eigenvalue weighted by Crippen LogP contribution is -2.44. The van der Waals surface area contributed by atoms with Crippen molar-refractivity contribution in [1.29, 1.82) is 0 Å². The lowest BCUT2D eigenvalue weighted by molar-refractivity contribution is -0.116. The Morgan fingerprint density at radius 1 is 1.00 bits per heavy atom. The highest BCUT2D eigenvalue weighted by molar-refractivity contribution is 7.93. The van der Waals surface area contributed by atoms with Crippen molar-refractivity contribution in [3.05, 3.63) is 66.2 Å². The van der Waals surface area contributed by atoms with Gasteiger partial charge in [0.2, 0.25) is 5.91 Å². The number of nitrogens with zero attached hydrogens (tertiary/aromatic N) is 1. The number of anilines is 2. The predicted octanol–water partition coefficient (Wildman–Crippen LogP) is 3.16. The molecule has 1 unspecified atom stereocenters. The minimum atomic E-state index is -3.89. The van der Waals surface area contributed by atoms with Crippen LogP contribution >= 0.6 is 0 Å². The van der Waals surface area contributed by atoms with Gasteiger partial charge in [-0.1, -0.05) is 36.4 Å². The Hall–Kier alpha value is -3.39. The Morgan fingerprint density at radius 3 is 2.41 bits per heavy atom. The van der Waals surface area contributed by atoms with Crippen molar-refractivity contribution in [1.82, 2.24) is 0 Å². The summed E-state index contributed by atoms with van der Waals surface area (Å²) in [7, 11) is -2.64. The van der Waals surface area contributed by atoms with E-state index in [0.717, 1.165) is 9.69 Å². The summed E-state index contributed by atoms with van der Waals surface area (Å²) in [6.45, 7) is 1.51. The summed E-state index contributed by atoms with van der Waals surface area (Å²) in [5.74, 6) is -1.16. The van der Waals surface area contributed by atoms with E-state index in [1.165, 1.54) is 20.1 Å². The maximum Gasteiger partial charge on any atom is 0.339 e. The van der Waals surface area contributed by atoms with Crippen LogP contribution in [0, 0.1) is 0 Å². The van der Waals surface area contributed by atoms with Gasteiger partial charge in [-0.2, -0.15) is 0 Å². The molecule has 0 fully saturated rings. The van der Waals surface area contributed by atoms with Gasteiger partial charge in [-0.25, -0.2) is 13.2 Å². The highest BCUT2D eigenvalue weighted by atomic mass is 32.2. The summed E-state index contributed by atoms with van der Waals surface area (Å²) in [6, 6.07) is 15.7. The maximum absolute atomic E-state index is 13.2. The van der Waals surface area contributed by atoms with Crippen LogP contribution < -0.4 is 9.62 Å². The van der Waals surface area contributed by atoms with Gasteiger partial charge in [-0.15, -0.1) is 0 Å². The Morgan fingerprint density at radius 2 is 1.69 bits per heavy atom. The van der Waals surface area contributed by atoms with E-state index in [1.807, 2.05) is 12.1 Å². The number of para-hydroxylation sites is 1. The molecule has 3 aromatic carbocycles. The number of benzene rings is 3. The lowest BCUT2D eigenvalue weighted by atomic mass is 10.1. The average Bonchev–Trinajstić information content (AvgIpc) is 2.96. The van der Waals surface area contributed by atoms with E-state index < -0.39 is 27.9 Å². The second-order valence-corrected chi connectivity index (χ2v) is 8.42. The number of hydrogen-bond donors (Lipinski definition) is 1. The van der Waals surface area contributed by atoms with Gasteiger partial charge in [-0.05, 0) is 36.6 Å². The fourth-order valence-corrected chi connectivity index (χ4v) is 5.43. The molecule has 0 spiro atoms. The molecule has 148 valence electrons. The van der Waals surface area contributed by atoms with Crippen molar-refractivity contribution < 1.29 is 22.7 Å². The molecule has 0 saturated heterocycles. The van der Waals surface area contributed by atoms with Gasteiger partial charge in [0.1, 0.15) is 6.04 Å². The van der Waals surface area contributed by atoms with Crippen molar-refractivity contribution in [3.63, 3.8) is 0 Å². The Labute approximate surface area is 167 Å². The van der Waals surface area contributed by atoms with Gasteiger partial charge in [0.25, 0.3) is 10.0 Å². The monoisotopic (exact) mass is 410 g/mol. The van der Waals surface area contributed by atoms with Crippen molar-refractivity contribution in [2.75, 3.05) is 16.7 Å². The first-order valence-corrected chi connectivity index (χ1v) is 10.3. The van der Waals surface area contributed by atoms with Crippen molar-refractivity contribution in [3.8, 4) is 0 Å². The van der Waals surface area contributed by atoms with E-state index in [1.54, 1.807) is 42.5 Å². The Bertz CT molecular complexity index is 1250. The smallest absolute Gasteiger partial charge is 0.339 e. The van der Waals surface area contributed by atoms with Gasteiger partial charge in [-0.3, -0.25) is 9.10 Å². The Kier molecular flexibility index (Phi) is 4.50. The van der Waals surface area contributed by atoms with Gasteiger partial charge in [0.15, 0.2) is 0 Å². The van der Waals surface area contributed by atoms with E-state index in [4.69, 9.17) is 4.74 Å². The minimum absolute atomic E-state index is 0.181. The third-order valence-corrected chi connectivity index (χ3v) is 6.87. The minimum Gasteiger partial charge on any atom is -0.465 e. The number of hydrogen-bond acceptors (Lipinski definition) is 5. The van der Waals surface area contributed by atoms with Crippen LogP contribution in [0.15, 0.2) is 65.6 Å². The molecular formula is C21H18N2O5S. The van der Waals surface area contributed by atoms with Gasteiger partial charge in [0.05, 0.1) is 28.9 Å². The van der Waals surface area contributed by atoms with Crippen LogP contribution in [-0.2, 0) is 19.6 Å². The quantitative estimate of drug-likeness (QED) is 0.667. The normalized spacial score (nSPS) is 15.2. The highest BCUT2D eigenvalue weighted by Crippen LogP contribution is 2.43. The number of carbonyl (C=O) groups is 2. The fraction of sp³-hybridized carbons (Fsp3) is 0.143. The largest absolute Gasteiger partial charge is 0.465 e. The molecule has 4 rings (SSSR count). The number of rotatable bonds is 4. The lowest BCUT2D eigenvalue weighted by Gasteiger charge is -2.25. The van der Waals surface area contributed by atoms with Crippen molar-refractivity contribution in [2.45, 2.75) is 17.9 Å². The number of sulfonamides is 1. The van der Waals surface area contributed by atoms with Gasteiger partial charge < -0.3 is 10.1 Å². The molecule has 1 heterocycles.